The molecule has 0 spiro atoms. The van der Waals surface area contributed by atoms with Gasteiger partial charge in [0.25, 0.3) is 10.0 Å². The average molecular weight is 304 g/mol. The molecule has 1 aliphatic carbocycles. The second-order valence-electron chi connectivity index (χ2n) is 4.93. The molecule has 6 nitrogen and oxygen atoms in total. The van der Waals surface area contributed by atoms with Crippen LogP contribution in [0.4, 0.5) is 0 Å². The minimum Gasteiger partial charge on any atom is -0.476 e. The van der Waals surface area contributed by atoms with Gasteiger partial charge in [0.1, 0.15) is 0 Å². The number of carboxylic acid groups (broad SMARTS) is 1. The molecule has 0 aliphatic heterocycles. The van der Waals surface area contributed by atoms with Crippen molar-refractivity contribution in [3.63, 3.8) is 0 Å². The van der Waals surface area contributed by atoms with Gasteiger partial charge in [-0.3, -0.25) is 0 Å². The molecule has 0 bridgehead atoms. The van der Waals surface area contributed by atoms with Crippen LogP contribution in [0, 0.1) is 11.8 Å². The molecule has 0 amide bonds. The van der Waals surface area contributed by atoms with Gasteiger partial charge in [-0.1, -0.05) is 13.3 Å². The number of aromatic nitrogens is 1. The van der Waals surface area contributed by atoms with Gasteiger partial charge in [-0.2, -0.15) is 0 Å². The number of nitrogens with one attached hydrogen (secondary N) is 1. The molecule has 1 heterocycles. The van der Waals surface area contributed by atoms with Crippen LogP contribution in [0.1, 0.15) is 36.7 Å². The molecular weight excluding hydrogens is 288 g/mol. The second-order valence-corrected chi connectivity index (χ2v) is 7.75. The summed E-state index contributed by atoms with van der Waals surface area (Å²) in [5.74, 6) is -0.352. The van der Waals surface area contributed by atoms with E-state index < -0.39 is 21.7 Å². The first-order chi connectivity index (χ1) is 8.90. The molecule has 1 aromatic heterocycles. The number of thiazole rings is 1. The summed E-state index contributed by atoms with van der Waals surface area (Å²) in [5.41, 5.74) is 0.827. The first-order valence-electron chi connectivity index (χ1n) is 6.06. The third-order valence-electron chi connectivity index (χ3n) is 3.35. The van der Waals surface area contributed by atoms with Gasteiger partial charge in [0.15, 0.2) is 9.90 Å². The minimum atomic E-state index is -3.77. The van der Waals surface area contributed by atoms with Crippen molar-refractivity contribution >= 4 is 27.3 Å². The van der Waals surface area contributed by atoms with Gasteiger partial charge >= 0.3 is 5.97 Å². The van der Waals surface area contributed by atoms with Gasteiger partial charge in [-0.25, -0.2) is 22.9 Å². The normalized spacial score (nSPS) is 23.6. The van der Waals surface area contributed by atoms with E-state index in [1.807, 2.05) is 0 Å². The third-order valence-corrected chi connectivity index (χ3v) is 6.14. The van der Waals surface area contributed by atoms with Gasteiger partial charge in [0.05, 0.1) is 5.51 Å². The lowest BCUT2D eigenvalue weighted by atomic mass is 10.1. The van der Waals surface area contributed by atoms with Crippen LogP contribution in [-0.2, 0) is 10.0 Å². The van der Waals surface area contributed by atoms with E-state index in [9.17, 15) is 13.2 Å². The summed E-state index contributed by atoms with van der Waals surface area (Å²) < 4.78 is 26.4. The minimum absolute atomic E-state index is 0.217. The molecule has 8 heteroatoms. The van der Waals surface area contributed by atoms with Gasteiger partial charge in [0.2, 0.25) is 0 Å². The lowest BCUT2D eigenvalue weighted by Gasteiger charge is -2.10. The molecule has 0 radical (unpaired) electrons. The SMILES string of the molecule is CC1CCC(CNS(=O)(=O)c2scnc2C(=O)O)C1. The Kier molecular flexibility index (Phi) is 4.22. The Morgan fingerprint density at radius 3 is 2.89 bits per heavy atom. The molecule has 0 aromatic carbocycles. The highest BCUT2D eigenvalue weighted by Gasteiger charge is 2.28. The van der Waals surface area contributed by atoms with E-state index in [-0.39, 0.29) is 4.21 Å². The summed E-state index contributed by atoms with van der Waals surface area (Å²) in [6.45, 7) is 2.52. The van der Waals surface area contributed by atoms with Crippen molar-refractivity contribution in [2.45, 2.75) is 30.4 Å². The molecule has 106 valence electrons. The van der Waals surface area contributed by atoms with Crippen molar-refractivity contribution in [2.24, 2.45) is 11.8 Å². The summed E-state index contributed by atoms with van der Waals surface area (Å²) in [6, 6.07) is 0. The van der Waals surface area contributed by atoms with E-state index in [0.717, 1.165) is 30.6 Å². The second kappa shape index (κ2) is 5.56. The van der Waals surface area contributed by atoms with Crippen molar-refractivity contribution in [2.75, 3.05) is 6.54 Å². The molecule has 2 N–H and O–H groups in total. The predicted octanol–water partition coefficient (Wildman–Crippen LogP) is 1.56. The number of aromatic carboxylic acids is 1. The van der Waals surface area contributed by atoms with Crippen molar-refractivity contribution in [3.05, 3.63) is 11.2 Å². The Morgan fingerprint density at radius 1 is 1.58 bits per heavy atom. The summed E-state index contributed by atoms with van der Waals surface area (Å²) in [4.78, 5) is 14.5. The van der Waals surface area contributed by atoms with E-state index in [1.54, 1.807) is 0 Å². The zero-order chi connectivity index (χ0) is 14.0. The van der Waals surface area contributed by atoms with Gasteiger partial charge in [-0.05, 0) is 24.7 Å². The Morgan fingerprint density at radius 2 is 2.32 bits per heavy atom. The highest BCUT2D eigenvalue weighted by atomic mass is 32.2. The molecular formula is C11H16N2O4S2. The fourth-order valence-electron chi connectivity index (χ4n) is 2.37. The van der Waals surface area contributed by atoms with E-state index in [0.29, 0.717) is 18.4 Å². The van der Waals surface area contributed by atoms with Crippen LogP contribution in [-0.4, -0.2) is 31.0 Å². The maximum absolute atomic E-state index is 12.1. The summed E-state index contributed by atoms with van der Waals surface area (Å²) in [6.07, 6.45) is 3.14. The number of hydrogen-bond donors (Lipinski definition) is 2. The smallest absolute Gasteiger partial charge is 0.356 e. The first kappa shape index (κ1) is 14.4. The lowest BCUT2D eigenvalue weighted by molar-refractivity contribution is 0.0687. The van der Waals surface area contributed by atoms with Crippen LogP contribution in [0.25, 0.3) is 0 Å². The number of carboxylic acids is 1. The van der Waals surface area contributed by atoms with Gasteiger partial charge in [-0.15, -0.1) is 11.3 Å². The van der Waals surface area contributed by atoms with E-state index in [1.165, 1.54) is 5.51 Å². The summed E-state index contributed by atoms with van der Waals surface area (Å²) in [5, 5.41) is 8.88. The van der Waals surface area contributed by atoms with E-state index >= 15 is 0 Å². The molecule has 2 rings (SSSR count). The Hall–Kier alpha value is -0.990. The summed E-state index contributed by atoms with van der Waals surface area (Å²) >= 11 is 0.825. The van der Waals surface area contributed by atoms with Crippen LogP contribution < -0.4 is 4.72 Å². The Bertz CT molecular complexity index is 567. The fourth-order valence-corrected chi connectivity index (χ4v) is 4.67. The quantitative estimate of drug-likeness (QED) is 0.860. The molecule has 1 saturated carbocycles. The number of rotatable bonds is 5. The topological polar surface area (TPSA) is 96.4 Å². The zero-order valence-electron chi connectivity index (χ0n) is 10.5. The summed E-state index contributed by atoms with van der Waals surface area (Å²) in [7, 11) is -3.77. The number of nitrogens with zero attached hydrogens (tertiary/aromatic N) is 1. The standard InChI is InChI=1S/C11H16N2O4S2/c1-7-2-3-8(4-7)5-13-19(16,17)11-9(10(14)15)12-6-18-11/h6-8,13H,2-5H2,1H3,(H,14,15). The zero-order valence-corrected chi connectivity index (χ0v) is 12.1. The molecule has 1 aliphatic rings. The van der Waals surface area contributed by atoms with E-state index in [4.69, 9.17) is 5.11 Å². The van der Waals surface area contributed by atoms with Crippen LogP contribution >= 0.6 is 11.3 Å². The molecule has 2 unspecified atom stereocenters. The van der Waals surface area contributed by atoms with Crippen molar-refractivity contribution in [1.82, 2.24) is 9.71 Å². The largest absolute Gasteiger partial charge is 0.476 e. The highest BCUT2D eigenvalue weighted by molar-refractivity contribution is 7.91. The van der Waals surface area contributed by atoms with Crippen molar-refractivity contribution in [3.8, 4) is 0 Å². The fraction of sp³-hybridized carbons (Fsp3) is 0.636. The van der Waals surface area contributed by atoms with Crippen LogP contribution in [0.5, 0.6) is 0 Å². The Labute approximate surface area is 115 Å². The number of hydrogen-bond acceptors (Lipinski definition) is 5. The maximum atomic E-state index is 12.1. The molecule has 2 atom stereocenters. The maximum Gasteiger partial charge on any atom is 0.356 e. The highest BCUT2D eigenvalue weighted by Crippen LogP contribution is 2.30. The average Bonchev–Trinajstić information content (AvgIpc) is 2.94. The first-order valence-corrected chi connectivity index (χ1v) is 8.43. The van der Waals surface area contributed by atoms with Gasteiger partial charge in [0, 0.05) is 6.54 Å². The molecule has 19 heavy (non-hydrogen) atoms. The number of sulfonamides is 1. The molecule has 1 fully saturated rings. The number of carbonyl (C=O) groups is 1. The monoisotopic (exact) mass is 304 g/mol. The van der Waals surface area contributed by atoms with Crippen LogP contribution in [0.2, 0.25) is 0 Å². The third kappa shape index (κ3) is 3.31. The Balaban J connectivity index is 2.06. The molecule has 0 saturated heterocycles. The van der Waals surface area contributed by atoms with Crippen LogP contribution in [0.15, 0.2) is 9.72 Å². The van der Waals surface area contributed by atoms with Crippen molar-refractivity contribution < 1.29 is 18.3 Å². The van der Waals surface area contributed by atoms with Crippen molar-refractivity contribution in [1.29, 1.82) is 0 Å². The van der Waals surface area contributed by atoms with Crippen LogP contribution in [0.3, 0.4) is 0 Å². The lowest BCUT2D eigenvalue weighted by Crippen LogP contribution is -2.29. The van der Waals surface area contributed by atoms with E-state index in [2.05, 4.69) is 16.6 Å². The van der Waals surface area contributed by atoms with Gasteiger partial charge < -0.3 is 5.11 Å². The molecule has 1 aromatic rings. The predicted molar refractivity (Wildman–Crippen MR) is 70.8 cm³/mol.